The molecule has 0 amide bonds. The minimum atomic E-state index is -0.431. The van der Waals surface area contributed by atoms with Gasteiger partial charge in [0.25, 0.3) is 0 Å². The highest BCUT2D eigenvalue weighted by Gasteiger charge is 2.34. The fourth-order valence-electron chi connectivity index (χ4n) is 4.25. The molecule has 35 heavy (non-hydrogen) atoms. The third-order valence-corrected chi connectivity index (χ3v) is 9.22. The van der Waals surface area contributed by atoms with Gasteiger partial charge in [0.1, 0.15) is 5.83 Å². The zero-order valence-corrected chi connectivity index (χ0v) is 23.9. The van der Waals surface area contributed by atoms with Crippen LogP contribution in [0.3, 0.4) is 0 Å². The lowest BCUT2D eigenvalue weighted by atomic mass is 9.75. The number of benzene rings is 2. The molecule has 184 valence electrons. The van der Waals surface area contributed by atoms with E-state index in [2.05, 4.69) is 20.7 Å². The summed E-state index contributed by atoms with van der Waals surface area (Å²) in [5.74, 6) is 0.0822. The molecular formula is C26H24Cl4FN2PS. The predicted molar refractivity (Wildman–Crippen MR) is 152 cm³/mol. The van der Waals surface area contributed by atoms with Crippen LogP contribution in [0.5, 0.6) is 0 Å². The molecule has 1 aliphatic heterocycles. The Kier molecular flexibility index (Phi) is 8.95. The molecule has 0 saturated carbocycles. The van der Waals surface area contributed by atoms with E-state index in [-0.39, 0.29) is 11.6 Å². The van der Waals surface area contributed by atoms with Gasteiger partial charge in [0.05, 0.1) is 22.0 Å². The average molecular weight is 588 g/mol. The lowest BCUT2D eigenvalue weighted by Gasteiger charge is -2.33. The van der Waals surface area contributed by atoms with Gasteiger partial charge in [0, 0.05) is 26.9 Å². The van der Waals surface area contributed by atoms with Crippen LogP contribution in [-0.2, 0) is 11.2 Å². The number of aromatic nitrogens is 2. The van der Waals surface area contributed by atoms with Crippen molar-refractivity contribution in [1.29, 1.82) is 0 Å². The molecular weight excluding hydrogens is 564 g/mol. The average Bonchev–Trinajstić information content (AvgIpc) is 3.25. The lowest BCUT2D eigenvalue weighted by molar-refractivity contribution is 0.458. The van der Waals surface area contributed by atoms with E-state index in [1.165, 1.54) is 6.08 Å². The molecule has 3 aromatic rings. The number of thioether (sulfide) groups is 1. The van der Waals surface area contributed by atoms with Gasteiger partial charge in [-0.15, -0.1) is 9.24 Å². The van der Waals surface area contributed by atoms with Gasteiger partial charge in [-0.25, -0.2) is 9.37 Å². The summed E-state index contributed by atoms with van der Waals surface area (Å²) in [6.07, 6.45) is 9.09. The molecule has 2 nitrogen and oxygen atoms in total. The molecule has 3 atom stereocenters. The molecule has 0 spiro atoms. The number of fused-ring (bicyclic) bond motifs is 1. The number of hydrogen-bond donors (Lipinski definition) is 0. The summed E-state index contributed by atoms with van der Waals surface area (Å²) >= 11 is 27.0. The molecule has 1 aliphatic rings. The van der Waals surface area contributed by atoms with Crippen LogP contribution in [-0.4, -0.2) is 9.55 Å². The van der Waals surface area contributed by atoms with E-state index in [9.17, 15) is 4.39 Å². The first-order valence-corrected chi connectivity index (χ1v) is 14.3. The highest BCUT2D eigenvalue weighted by Crippen LogP contribution is 2.44. The first kappa shape index (κ1) is 27.0. The molecule has 9 heteroatoms. The molecule has 2 aromatic carbocycles. The standard InChI is InChI=1S/C26H24Cl4FN2PS/c1-26(16-8-10-21(29)22(30)13-16)12-3-2-5-17(31)9-11-24(34)33-23(26)14-32-25(33)35-15-18-19(27)6-4-7-20(18)28/h4-11,13-14,24H,2-3,12,15,34H2,1H3. The van der Waals surface area contributed by atoms with Crippen molar-refractivity contribution in [3.8, 4) is 0 Å². The number of imidazole rings is 1. The molecule has 3 unspecified atom stereocenters. The van der Waals surface area contributed by atoms with Crippen molar-refractivity contribution in [2.75, 3.05) is 0 Å². The third kappa shape index (κ3) is 5.95. The molecule has 1 aromatic heterocycles. The van der Waals surface area contributed by atoms with Gasteiger partial charge >= 0.3 is 0 Å². The summed E-state index contributed by atoms with van der Waals surface area (Å²) in [5.41, 5.74) is 2.46. The van der Waals surface area contributed by atoms with Crippen LogP contribution in [0.4, 0.5) is 4.39 Å². The molecule has 0 fully saturated rings. The zero-order valence-electron chi connectivity index (χ0n) is 18.9. The van der Waals surface area contributed by atoms with E-state index < -0.39 is 5.41 Å². The van der Waals surface area contributed by atoms with Crippen molar-refractivity contribution in [1.82, 2.24) is 9.55 Å². The van der Waals surface area contributed by atoms with E-state index in [0.29, 0.717) is 32.3 Å². The van der Waals surface area contributed by atoms with Gasteiger partial charge in [-0.3, -0.25) is 0 Å². The Morgan fingerprint density at radius 2 is 1.86 bits per heavy atom. The van der Waals surface area contributed by atoms with Crippen molar-refractivity contribution in [3.05, 3.63) is 104 Å². The number of rotatable bonds is 4. The van der Waals surface area contributed by atoms with Crippen LogP contribution in [0.2, 0.25) is 20.1 Å². The largest absolute Gasteiger partial charge is 0.312 e. The quantitative estimate of drug-likeness (QED) is 0.223. The summed E-state index contributed by atoms with van der Waals surface area (Å²) in [6.45, 7) is 2.18. The molecule has 0 bridgehead atoms. The molecule has 0 aliphatic carbocycles. The van der Waals surface area contributed by atoms with Gasteiger partial charge in [0.2, 0.25) is 0 Å². The van der Waals surface area contributed by atoms with Gasteiger partial charge < -0.3 is 4.57 Å². The van der Waals surface area contributed by atoms with E-state index in [1.54, 1.807) is 17.8 Å². The van der Waals surface area contributed by atoms with E-state index in [1.807, 2.05) is 48.7 Å². The second-order valence-electron chi connectivity index (χ2n) is 8.58. The molecule has 0 saturated heterocycles. The lowest BCUT2D eigenvalue weighted by Crippen LogP contribution is -2.28. The maximum atomic E-state index is 14.4. The molecule has 4 rings (SSSR count). The summed E-state index contributed by atoms with van der Waals surface area (Å²) in [5, 5.41) is 3.03. The Balaban J connectivity index is 1.82. The second kappa shape index (κ2) is 11.6. The third-order valence-electron chi connectivity index (χ3n) is 6.26. The Hall–Kier alpha value is -1.00. The van der Waals surface area contributed by atoms with Crippen molar-refractivity contribution >= 4 is 67.4 Å². The maximum absolute atomic E-state index is 14.4. The smallest absolute Gasteiger partial charge is 0.169 e. The summed E-state index contributed by atoms with van der Waals surface area (Å²) in [4.78, 5) is 4.80. The van der Waals surface area contributed by atoms with Crippen LogP contribution < -0.4 is 0 Å². The van der Waals surface area contributed by atoms with E-state index in [0.717, 1.165) is 34.8 Å². The Morgan fingerprint density at radius 3 is 2.57 bits per heavy atom. The van der Waals surface area contributed by atoms with Gasteiger partial charge in [-0.1, -0.05) is 76.4 Å². The number of nitrogens with zero attached hydrogens (tertiary/aromatic N) is 2. The fraction of sp³-hybridized carbons (Fsp3) is 0.269. The first-order valence-electron chi connectivity index (χ1n) is 11.1. The summed E-state index contributed by atoms with van der Waals surface area (Å²) in [6, 6.07) is 11.2. The fourth-order valence-corrected chi connectivity index (χ4v) is 6.83. The monoisotopic (exact) mass is 586 g/mol. The van der Waals surface area contributed by atoms with Crippen LogP contribution >= 0.6 is 67.4 Å². The van der Waals surface area contributed by atoms with Gasteiger partial charge in [-0.05, 0) is 73.7 Å². The number of allylic oxidation sites excluding steroid dienone is 4. The molecule has 0 radical (unpaired) electrons. The Labute approximate surface area is 232 Å². The molecule has 2 heterocycles. The predicted octanol–water partition coefficient (Wildman–Crippen LogP) is 10.1. The Bertz CT molecular complexity index is 1270. The van der Waals surface area contributed by atoms with E-state index >= 15 is 0 Å². The number of hydrogen-bond acceptors (Lipinski definition) is 2. The van der Waals surface area contributed by atoms with Crippen LogP contribution in [0.1, 0.15) is 48.8 Å². The second-order valence-corrected chi connectivity index (χ2v) is 11.8. The van der Waals surface area contributed by atoms with Gasteiger partial charge in [0.15, 0.2) is 5.16 Å². The SMILES string of the molecule is CC1(c2ccc(Cl)c(Cl)c2)CCCC=C(F)C=CC(P)n2c1cnc2SCc1c(Cl)cccc1Cl. The van der Waals surface area contributed by atoms with Gasteiger partial charge in [-0.2, -0.15) is 0 Å². The van der Waals surface area contributed by atoms with Crippen molar-refractivity contribution in [2.24, 2.45) is 0 Å². The van der Waals surface area contributed by atoms with Crippen molar-refractivity contribution in [3.63, 3.8) is 0 Å². The normalized spacial score (nSPS) is 20.8. The topological polar surface area (TPSA) is 17.8 Å². The minimum absolute atomic E-state index is 0.226. The van der Waals surface area contributed by atoms with Crippen LogP contribution in [0, 0.1) is 0 Å². The van der Waals surface area contributed by atoms with E-state index in [4.69, 9.17) is 51.4 Å². The highest BCUT2D eigenvalue weighted by molar-refractivity contribution is 7.98. The summed E-state index contributed by atoms with van der Waals surface area (Å²) < 4.78 is 16.5. The van der Waals surface area contributed by atoms with Crippen molar-refractivity contribution < 1.29 is 4.39 Å². The minimum Gasteiger partial charge on any atom is -0.312 e. The maximum Gasteiger partial charge on any atom is 0.169 e. The highest BCUT2D eigenvalue weighted by atomic mass is 35.5. The van der Waals surface area contributed by atoms with Crippen molar-refractivity contribution in [2.45, 2.75) is 48.3 Å². The molecule has 0 N–H and O–H groups in total. The van der Waals surface area contributed by atoms with Crippen LogP contribution in [0.15, 0.2) is 71.8 Å². The number of halogens is 5. The zero-order chi connectivity index (χ0) is 25.2. The van der Waals surface area contributed by atoms with Crippen LogP contribution in [0.25, 0.3) is 0 Å². The summed E-state index contributed by atoms with van der Waals surface area (Å²) in [7, 11) is 2.80. The Morgan fingerprint density at radius 1 is 1.11 bits per heavy atom. The first-order chi connectivity index (χ1) is 16.7.